The second-order valence-electron chi connectivity index (χ2n) is 7.46. The fourth-order valence-electron chi connectivity index (χ4n) is 4.10. The Bertz CT molecular complexity index is 1160. The molecule has 2 aliphatic heterocycles. The third-order valence-corrected chi connectivity index (χ3v) is 6.46. The van der Waals surface area contributed by atoms with Crippen LogP contribution in [0.25, 0.3) is 0 Å². The van der Waals surface area contributed by atoms with Gasteiger partial charge < -0.3 is 14.6 Å². The van der Waals surface area contributed by atoms with E-state index in [0.717, 1.165) is 12.2 Å². The van der Waals surface area contributed by atoms with Gasteiger partial charge in [0.15, 0.2) is 11.6 Å². The van der Waals surface area contributed by atoms with Crippen LogP contribution in [0.3, 0.4) is 0 Å². The lowest BCUT2D eigenvalue weighted by Gasteiger charge is -2.42. The molecule has 0 aromatic carbocycles. The average molecular weight is 445 g/mol. The predicted octanol–water partition coefficient (Wildman–Crippen LogP) is 2.24. The fraction of sp³-hybridized carbons (Fsp3) is 0.300. The highest BCUT2D eigenvalue weighted by Gasteiger charge is 2.49. The Morgan fingerprint density at radius 3 is 2.90 bits per heavy atom. The van der Waals surface area contributed by atoms with E-state index in [0.29, 0.717) is 17.4 Å². The molecule has 0 fully saturated rings. The number of hydrogen-bond acceptors (Lipinski definition) is 7. The van der Waals surface area contributed by atoms with E-state index in [1.807, 2.05) is 4.57 Å². The number of halogens is 2. The number of alkyl halides is 1. The number of aliphatic carboxylic acids is 1. The van der Waals surface area contributed by atoms with Crippen molar-refractivity contribution in [1.82, 2.24) is 24.3 Å². The minimum absolute atomic E-state index is 0.0931. The summed E-state index contributed by atoms with van der Waals surface area (Å²) in [7, 11) is 0. The van der Waals surface area contributed by atoms with Crippen molar-refractivity contribution in [2.45, 2.75) is 25.4 Å². The van der Waals surface area contributed by atoms with Gasteiger partial charge in [-0.05, 0) is 12.2 Å². The number of carboxylic acids is 1. The number of carboxylic acid groups (broad SMARTS) is 1. The molecule has 3 aliphatic rings. The number of aromatic nitrogens is 3. The molecule has 31 heavy (non-hydrogen) atoms. The fourth-order valence-corrected chi connectivity index (χ4v) is 4.72. The average Bonchev–Trinajstić information content (AvgIpc) is 3.42. The number of Topliss-reactive ketones (excluding diaryl/α,β-unsaturated/α-hetero) is 1. The molecule has 2 atom stereocenters. The van der Waals surface area contributed by atoms with E-state index >= 15 is 8.78 Å². The number of hydrogen-bond donors (Lipinski definition) is 1. The third kappa shape index (κ3) is 3.20. The quantitative estimate of drug-likeness (QED) is 0.570. The molecule has 11 heteroatoms. The number of carbonyl (C=O) groups excluding carboxylic acids is 1. The Balaban J connectivity index is 1.56. The minimum atomic E-state index is -2.57. The Morgan fingerprint density at radius 2 is 2.16 bits per heavy atom. The van der Waals surface area contributed by atoms with Crippen LogP contribution < -0.4 is 0 Å². The molecule has 4 heterocycles. The smallest absolute Gasteiger partial charge is 0.340 e. The summed E-state index contributed by atoms with van der Waals surface area (Å²) in [5.41, 5.74) is -0.280. The Morgan fingerprint density at radius 1 is 1.32 bits per heavy atom. The number of fused-ring (bicyclic) bond motifs is 2. The summed E-state index contributed by atoms with van der Waals surface area (Å²) in [6, 6.07) is 0. The van der Waals surface area contributed by atoms with Gasteiger partial charge in [0.2, 0.25) is 5.79 Å². The number of ketones is 1. The Kier molecular flexibility index (Phi) is 4.59. The number of imidazole rings is 1. The zero-order chi connectivity index (χ0) is 21.8. The van der Waals surface area contributed by atoms with Crippen LogP contribution in [0.5, 0.6) is 0 Å². The number of allylic oxidation sites excluding steroid dienone is 1. The molecule has 0 spiro atoms. The second-order valence-corrected chi connectivity index (χ2v) is 8.44. The van der Waals surface area contributed by atoms with Gasteiger partial charge >= 0.3 is 5.97 Å². The summed E-state index contributed by atoms with van der Waals surface area (Å²) in [4.78, 5) is 35.5. The van der Waals surface area contributed by atoms with Crippen LogP contribution in [0, 0.1) is 5.92 Å². The van der Waals surface area contributed by atoms with Crippen LogP contribution in [-0.4, -0.2) is 53.5 Å². The van der Waals surface area contributed by atoms with Crippen LogP contribution in [0.1, 0.15) is 10.8 Å². The van der Waals surface area contributed by atoms with E-state index in [1.165, 1.54) is 27.3 Å². The van der Waals surface area contributed by atoms with Crippen molar-refractivity contribution in [1.29, 1.82) is 0 Å². The van der Waals surface area contributed by atoms with Crippen molar-refractivity contribution in [2.75, 3.05) is 6.54 Å². The first-order valence-electron chi connectivity index (χ1n) is 9.55. The summed E-state index contributed by atoms with van der Waals surface area (Å²) in [6.07, 6.45) is 8.15. The second kappa shape index (κ2) is 7.20. The Hall–Kier alpha value is -3.18. The number of carbonyl (C=O) groups is 2. The van der Waals surface area contributed by atoms with Gasteiger partial charge in [0, 0.05) is 49.0 Å². The maximum absolute atomic E-state index is 16.1. The molecule has 0 saturated heterocycles. The zero-order valence-electron chi connectivity index (χ0n) is 16.1. The van der Waals surface area contributed by atoms with E-state index in [9.17, 15) is 14.7 Å². The molecule has 0 bridgehead atoms. The molecule has 0 amide bonds. The van der Waals surface area contributed by atoms with Gasteiger partial charge in [-0.25, -0.2) is 23.5 Å². The summed E-state index contributed by atoms with van der Waals surface area (Å²) in [5.74, 6) is -6.49. The van der Waals surface area contributed by atoms with E-state index in [-0.39, 0.29) is 25.3 Å². The molecule has 2 aromatic rings. The van der Waals surface area contributed by atoms with Gasteiger partial charge in [-0.15, -0.1) is 11.3 Å². The molecular weight excluding hydrogens is 428 g/mol. The lowest BCUT2D eigenvalue weighted by molar-refractivity contribution is -0.135. The maximum Gasteiger partial charge on any atom is 0.340 e. The topological polar surface area (TPSA) is 91.6 Å². The lowest BCUT2D eigenvalue weighted by atomic mass is 9.84. The van der Waals surface area contributed by atoms with Gasteiger partial charge in [-0.2, -0.15) is 0 Å². The largest absolute Gasteiger partial charge is 0.478 e. The Labute approximate surface area is 179 Å². The van der Waals surface area contributed by atoms with Gasteiger partial charge in [0.1, 0.15) is 16.4 Å². The van der Waals surface area contributed by atoms with Gasteiger partial charge in [0.05, 0.1) is 19.0 Å². The van der Waals surface area contributed by atoms with Crippen LogP contribution in [0.2, 0.25) is 0 Å². The molecule has 8 nitrogen and oxygen atoms in total. The van der Waals surface area contributed by atoms with Crippen molar-refractivity contribution in [2.24, 2.45) is 5.92 Å². The van der Waals surface area contributed by atoms with E-state index in [2.05, 4.69) is 9.97 Å². The SMILES string of the molecule is O=C(O)C1=CN(Cc2nccs2)C2=CC(F)(N3CCn4ccnc4C3)C(F)=CC2C1=O. The summed E-state index contributed by atoms with van der Waals surface area (Å²) >= 11 is 1.34. The number of thiazole rings is 1. The molecule has 2 aromatic heterocycles. The highest BCUT2D eigenvalue weighted by atomic mass is 32.1. The normalized spacial score (nSPS) is 26.0. The van der Waals surface area contributed by atoms with Gasteiger partial charge in [-0.3, -0.25) is 9.69 Å². The highest BCUT2D eigenvalue weighted by molar-refractivity contribution is 7.09. The molecule has 2 unspecified atom stereocenters. The lowest BCUT2D eigenvalue weighted by Crippen LogP contribution is -2.51. The van der Waals surface area contributed by atoms with Crippen molar-refractivity contribution in [3.05, 3.63) is 70.3 Å². The summed E-state index contributed by atoms with van der Waals surface area (Å²) < 4.78 is 33.1. The van der Waals surface area contributed by atoms with Crippen LogP contribution in [0.4, 0.5) is 8.78 Å². The van der Waals surface area contributed by atoms with Crippen molar-refractivity contribution >= 4 is 23.1 Å². The molecule has 0 saturated carbocycles. The number of nitrogens with zero attached hydrogens (tertiary/aromatic N) is 5. The summed E-state index contributed by atoms with van der Waals surface area (Å²) in [6.45, 7) is 0.924. The molecule has 1 aliphatic carbocycles. The van der Waals surface area contributed by atoms with Crippen LogP contribution in [-0.2, 0) is 29.2 Å². The zero-order valence-corrected chi connectivity index (χ0v) is 16.9. The monoisotopic (exact) mass is 445 g/mol. The highest BCUT2D eigenvalue weighted by Crippen LogP contribution is 2.43. The first kappa shape index (κ1) is 19.8. The summed E-state index contributed by atoms with van der Waals surface area (Å²) in [5, 5.41) is 11.8. The van der Waals surface area contributed by atoms with Crippen molar-refractivity contribution in [3.63, 3.8) is 0 Å². The first-order valence-corrected chi connectivity index (χ1v) is 10.4. The van der Waals surface area contributed by atoms with Crippen LogP contribution in [0.15, 0.2) is 59.4 Å². The third-order valence-electron chi connectivity index (χ3n) is 5.69. The molecule has 1 N–H and O–H groups in total. The number of rotatable bonds is 4. The van der Waals surface area contributed by atoms with Crippen LogP contribution >= 0.6 is 11.3 Å². The van der Waals surface area contributed by atoms with E-state index in [4.69, 9.17) is 0 Å². The van der Waals surface area contributed by atoms with E-state index in [1.54, 1.807) is 24.0 Å². The minimum Gasteiger partial charge on any atom is -0.478 e. The van der Waals surface area contributed by atoms with E-state index < -0.39 is 34.9 Å². The predicted molar refractivity (Wildman–Crippen MR) is 106 cm³/mol. The van der Waals surface area contributed by atoms with Gasteiger partial charge in [-0.1, -0.05) is 0 Å². The van der Waals surface area contributed by atoms with Crippen molar-refractivity contribution < 1.29 is 23.5 Å². The molecule has 160 valence electrons. The molecule has 0 radical (unpaired) electrons. The van der Waals surface area contributed by atoms with Gasteiger partial charge in [0.25, 0.3) is 0 Å². The molecular formula is C20H17F2N5O3S. The molecule has 5 rings (SSSR count). The standard InChI is InChI=1S/C20H17F2N5O3S/c21-15-7-12-14(8-20(15,22)27-5-4-25-3-1-23-16(25)10-27)26(11-17-24-2-6-31-17)9-13(18(12)28)19(29)30/h1-3,6-9,12H,4-5,10-11H2,(H,29,30). The maximum atomic E-state index is 16.1. The van der Waals surface area contributed by atoms with Crippen molar-refractivity contribution in [3.8, 4) is 0 Å². The first-order chi connectivity index (χ1) is 14.9.